The van der Waals surface area contributed by atoms with Gasteiger partial charge >= 0.3 is 0 Å². The van der Waals surface area contributed by atoms with Crippen molar-refractivity contribution in [3.63, 3.8) is 0 Å². The van der Waals surface area contributed by atoms with Crippen molar-refractivity contribution in [2.45, 2.75) is 12.8 Å². The quantitative estimate of drug-likeness (QED) is 0.730. The van der Waals surface area contributed by atoms with Gasteiger partial charge in [-0.1, -0.05) is 48.5 Å². The Hall–Kier alpha value is -2.68. The first-order chi connectivity index (χ1) is 10.8. The second kappa shape index (κ2) is 6.85. The molecule has 0 bridgehead atoms. The van der Waals surface area contributed by atoms with Crippen LogP contribution >= 0.6 is 0 Å². The predicted molar refractivity (Wildman–Crippen MR) is 88.8 cm³/mol. The maximum atomic E-state index is 12.3. The summed E-state index contributed by atoms with van der Waals surface area (Å²) in [6, 6.07) is 19.8. The smallest absolute Gasteiger partial charge is 0.252 e. The number of carbonyl (C=O) groups excluding carboxylic acids is 1. The minimum absolute atomic E-state index is 0.0355. The van der Waals surface area contributed by atoms with Crippen molar-refractivity contribution in [3.8, 4) is 0 Å². The van der Waals surface area contributed by atoms with E-state index in [0.29, 0.717) is 12.1 Å². The molecule has 0 atom stereocenters. The number of carbonyl (C=O) groups is 1. The summed E-state index contributed by atoms with van der Waals surface area (Å²) in [5, 5.41) is 3.89. The average molecular weight is 290 g/mol. The van der Waals surface area contributed by atoms with Crippen LogP contribution in [0.25, 0.3) is 10.9 Å². The van der Waals surface area contributed by atoms with E-state index in [4.69, 9.17) is 0 Å². The molecule has 110 valence electrons. The van der Waals surface area contributed by atoms with E-state index in [0.717, 1.165) is 23.7 Å². The number of para-hydroxylation sites is 1. The lowest BCUT2D eigenvalue weighted by Crippen LogP contribution is -2.25. The normalized spacial score (nSPS) is 10.5. The first kappa shape index (κ1) is 14.3. The lowest BCUT2D eigenvalue weighted by Gasteiger charge is -2.07. The summed E-state index contributed by atoms with van der Waals surface area (Å²) in [5.74, 6) is -0.0355. The molecule has 1 amide bonds. The van der Waals surface area contributed by atoms with Gasteiger partial charge in [0, 0.05) is 18.1 Å². The Morgan fingerprint density at radius 3 is 2.59 bits per heavy atom. The Bertz CT molecular complexity index is 763. The number of hydrogen-bond acceptors (Lipinski definition) is 2. The number of hydrogen-bond donors (Lipinski definition) is 1. The zero-order valence-corrected chi connectivity index (χ0v) is 12.3. The maximum Gasteiger partial charge on any atom is 0.252 e. The average Bonchev–Trinajstić information content (AvgIpc) is 2.59. The molecule has 1 aromatic heterocycles. The van der Waals surface area contributed by atoms with E-state index in [1.807, 2.05) is 42.5 Å². The molecule has 1 N–H and O–H groups in total. The van der Waals surface area contributed by atoms with Crippen LogP contribution in [-0.2, 0) is 6.42 Å². The minimum Gasteiger partial charge on any atom is -0.352 e. The van der Waals surface area contributed by atoms with E-state index in [1.54, 1.807) is 12.3 Å². The largest absolute Gasteiger partial charge is 0.352 e. The summed E-state index contributed by atoms with van der Waals surface area (Å²) < 4.78 is 0. The first-order valence-corrected chi connectivity index (χ1v) is 7.50. The summed E-state index contributed by atoms with van der Waals surface area (Å²) in [4.78, 5) is 16.6. The molecule has 2 aromatic carbocycles. The molecule has 0 saturated heterocycles. The molecule has 3 rings (SSSR count). The lowest BCUT2D eigenvalue weighted by molar-refractivity contribution is 0.0955. The van der Waals surface area contributed by atoms with E-state index in [9.17, 15) is 4.79 Å². The molecule has 1 heterocycles. The van der Waals surface area contributed by atoms with Crippen LogP contribution in [0.1, 0.15) is 22.3 Å². The highest BCUT2D eigenvalue weighted by Gasteiger charge is 2.09. The Morgan fingerprint density at radius 1 is 0.955 bits per heavy atom. The fourth-order valence-electron chi connectivity index (χ4n) is 2.53. The molecule has 3 heteroatoms. The van der Waals surface area contributed by atoms with Gasteiger partial charge in [-0.15, -0.1) is 0 Å². The topological polar surface area (TPSA) is 42.0 Å². The number of nitrogens with one attached hydrogen (secondary N) is 1. The van der Waals surface area contributed by atoms with Crippen LogP contribution in [0.5, 0.6) is 0 Å². The van der Waals surface area contributed by atoms with Crippen LogP contribution in [0.2, 0.25) is 0 Å². The van der Waals surface area contributed by atoms with Crippen LogP contribution in [-0.4, -0.2) is 17.4 Å². The molecule has 0 fully saturated rings. The van der Waals surface area contributed by atoms with Crippen molar-refractivity contribution < 1.29 is 4.79 Å². The van der Waals surface area contributed by atoms with Crippen molar-refractivity contribution in [3.05, 3.63) is 78.0 Å². The zero-order valence-electron chi connectivity index (χ0n) is 12.3. The fraction of sp³-hybridized carbons (Fsp3) is 0.158. The third kappa shape index (κ3) is 3.31. The van der Waals surface area contributed by atoms with Gasteiger partial charge in [-0.25, -0.2) is 0 Å². The van der Waals surface area contributed by atoms with Gasteiger partial charge in [-0.05, 0) is 30.5 Å². The van der Waals surface area contributed by atoms with Gasteiger partial charge in [0.05, 0.1) is 11.1 Å². The van der Waals surface area contributed by atoms with Crippen molar-refractivity contribution in [1.29, 1.82) is 0 Å². The van der Waals surface area contributed by atoms with Gasteiger partial charge in [0.1, 0.15) is 0 Å². The van der Waals surface area contributed by atoms with E-state index >= 15 is 0 Å². The molecule has 0 radical (unpaired) electrons. The van der Waals surface area contributed by atoms with Crippen LogP contribution < -0.4 is 5.32 Å². The van der Waals surface area contributed by atoms with Crippen LogP contribution in [0, 0.1) is 0 Å². The van der Waals surface area contributed by atoms with Gasteiger partial charge in [-0.3, -0.25) is 9.78 Å². The number of fused-ring (bicyclic) bond motifs is 1. The lowest BCUT2D eigenvalue weighted by atomic mass is 10.1. The standard InChI is InChI=1S/C19H18N2O/c22-19(21-13-6-9-15-7-2-1-3-8-15)17-12-14-20-18-11-5-4-10-16(17)18/h1-5,7-8,10-12,14H,6,9,13H2,(H,21,22). The molecule has 0 aliphatic carbocycles. The van der Waals surface area contributed by atoms with Crippen molar-refractivity contribution in [2.75, 3.05) is 6.54 Å². The van der Waals surface area contributed by atoms with Gasteiger partial charge in [0.25, 0.3) is 5.91 Å². The monoisotopic (exact) mass is 290 g/mol. The summed E-state index contributed by atoms with van der Waals surface area (Å²) in [6.07, 6.45) is 3.58. The molecule has 0 unspecified atom stereocenters. The minimum atomic E-state index is -0.0355. The third-order valence-electron chi connectivity index (χ3n) is 3.66. The summed E-state index contributed by atoms with van der Waals surface area (Å²) in [7, 11) is 0. The van der Waals surface area contributed by atoms with E-state index in [2.05, 4.69) is 22.4 Å². The number of nitrogens with zero attached hydrogens (tertiary/aromatic N) is 1. The number of pyridine rings is 1. The number of aryl methyl sites for hydroxylation is 1. The summed E-state index contributed by atoms with van der Waals surface area (Å²) in [6.45, 7) is 0.671. The number of amides is 1. The van der Waals surface area contributed by atoms with Crippen molar-refractivity contribution in [1.82, 2.24) is 10.3 Å². The molecule has 0 aliphatic heterocycles. The Labute approximate surface area is 130 Å². The SMILES string of the molecule is O=C(NCCCc1ccccc1)c1ccnc2ccccc12. The summed E-state index contributed by atoms with van der Waals surface area (Å²) in [5.41, 5.74) is 2.83. The number of rotatable bonds is 5. The van der Waals surface area contributed by atoms with E-state index < -0.39 is 0 Å². The van der Waals surface area contributed by atoms with Crippen LogP contribution in [0.15, 0.2) is 66.9 Å². The molecular formula is C19H18N2O. The molecule has 0 aliphatic rings. The predicted octanol–water partition coefficient (Wildman–Crippen LogP) is 3.60. The Balaban J connectivity index is 1.60. The fourth-order valence-corrected chi connectivity index (χ4v) is 2.53. The van der Waals surface area contributed by atoms with Crippen molar-refractivity contribution in [2.24, 2.45) is 0 Å². The van der Waals surface area contributed by atoms with Gasteiger partial charge < -0.3 is 5.32 Å². The second-order valence-corrected chi connectivity index (χ2v) is 5.22. The van der Waals surface area contributed by atoms with Crippen LogP contribution in [0.4, 0.5) is 0 Å². The molecule has 0 spiro atoms. The van der Waals surface area contributed by atoms with Gasteiger partial charge in [0.2, 0.25) is 0 Å². The Kier molecular flexibility index (Phi) is 4.44. The first-order valence-electron chi connectivity index (χ1n) is 7.50. The molecule has 0 saturated carbocycles. The van der Waals surface area contributed by atoms with Gasteiger partial charge in [0.15, 0.2) is 0 Å². The van der Waals surface area contributed by atoms with Gasteiger partial charge in [-0.2, -0.15) is 0 Å². The highest BCUT2D eigenvalue weighted by molar-refractivity contribution is 6.05. The third-order valence-corrected chi connectivity index (χ3v) is 3.66. The molecular weight excluding hydrogens is 272 g/mol. The highest BCUT2D eigenvalue weighted by atomic mass is 16.1. The summed E-state index contributed by atoms with van der Waals surface area (Å²) >= 11 is 0. The van der Waals surface area contributed by atoms with Crippen LogP contribution in [0.3, 0.4) is 0 Å². The number of benzene rings is 2. The highest BCUT2D eigenvalue weighted by Crippen LogP contribution is 2.15. The maximum absolute atomic E-state index is 12.3. The van der Waals surface area contributed by atoms with E-state index in [-0.39, 0.29) is 5.91 Å². The number of aromatic nitrogens is 1. The molecule has 22 heavy (non-hydrogen) atoms. The Morgan fingerprint density at radius 2 is 1.73 bits per heavy atom. The second-order valence-electron chi connectivity index (χ2n) is 5.22. The molecule has 3 aromatic rings. The van der Waals surface area contributed by atoms with Crippen molar-refractivity contribution >= 4 is 16.8 Å². The molecule has 3 nitrogen and oxygen atoms in total. The van der Waals surface area contributed by atoms with E-state index in [1.165, 1.54) is 5.56 Å². The zero-order chi connectivity index (χ0) is 15.2.